The number of carbonyl (C=O) groups is 1. The molecule has 2 aromatic rings. The summed E-state index contributed by atoms with van der Waals surface area (Å²) in [7, 11) is 0. The largest absolute Gasteiger partial charge is 0.492 e. The van der Waals surface area contributed by atoms with Crippen LogP contribution in [0.25, 0.3) is 0 Å². The number of hydrogen-bond acceptors (Lipinski definition) is 2. The highest BCUT2D eigenvalue weighted by Gasteiger charge is 2.33. The minimum absolute atomic E-state index is 0.0262. The average molecular weight is 378 g/mol. The van der Waals surface area contributed by atoms with Crippen LogP contribution in [0, 0.1) is 0 Å². The van der Waals surface area contributed by atoms with E-state index < -0.39 is 22.7 Å². The van der Waals surface area contributed by atoms with Crippen LogP contribution in [0.4, 0.5) is 18.9 Å². The van der Waals surface area contributed by atoms with E-state index in [1.807, 2.05) is 0 Å². The third-order valence-corrected chi connectivity index (χ3v) is 3.65. The van der Waals surface area contributed by atoms with Crippen molar-refractivity contribution in [2.45, 2.75) is 13.1 Å². The first kappa shape index (κ1) is 18.4. The maximum absolute atomic E-state index is 12.8. The van der Waals surface area contributed by atoms with Crippen LogP contribution in [-0.4, -0.2) is 12.5 Å². The summed E-state index contributed by atoms with van der Waals surface area (Å²) in [6, 6.07) is 7.49. The summed E-state index contributed by atoms with van der Waals surface area (Å²) < 4.78 is 43.7. The quantitative estimate of drug-likeness (QED) is 0.745. The molecule has 0 saturated carbocycles. The predicted octanol–water partition coefficient (Wildman–Crippen LogP) is 5.66. The zero-order chi connectivity index (χ0) is 17.9. The monoisotopic (exact) mass is 377 g/mol. The number of carbonyl (C=O) groups excluding carboxylic acids is 1. The van der Waals surface area contributed by atoms with E-state index in [2.05, 4.69) is 5.32 Å². The summed E-state index contributed by atoms with van der Waals surface area (Å²) >= 11 is 11.5. The van der Waals surface area contributed by atoms with E-state index in [0.29, 0.717) is 12.4 Å². The molecule has 0 heterocycles. The number of amides is 1. The molecule has 0 spiro atoms. The van der Waals surface area contributed by atoms with Gasteiger partial charge in [0.25, 0.3) is 5.91 Å². The molecule has 0 aromatic heterocycles. The van der Waals surface area contributed by atoms with Crippen molar-refractivity contribution in [2.75, 3.05) is 11.9 Å². The highest BCUT2D eigenvalue weighted by Crippen LogP contribution is 2.36. The van der Waals surface area contributed by atoms with Gasteiger partial charge in [-0.05, 0) is 43.3 Å². The van der Waals surface area contributed by atoms with E-state index in [1.165, 1.54) is 24.3 Å². The third kappa shape index (κ3) is 4.33. The molecule has 0 aliphatic heterocycles. The van der Waals surface area contributed by atoms with Gasteiger partial charge in [0.05, 0.1) is 22.2 Å². The Kier molecular flexibility index (Phi) is 5.62. The van der Waals surface area contributed by atoms with Gasteiger partial charge in [-0.2, -0.15) is 13.2 Å². The lowest BCUT2D eigenvalue weighted by atomic mass is 10.1. The van der Waals surface area contributed by atoms with Gasteiger partial charge in [-0.15, -0.1) is 0 Å². The first-order valence-electron chi connectivity index (χ1n) is 6.83. The number of ether oxygens (including phenoxy) is 1. The molecule has 1 N–H and O–H groups in total. The molecule has 0 fully saturated rings. The van der Waals surface area contributed by atoms with Crippen molar-refractivity contribution in [3.05, 3.63) is 57.6 Å². The lowest BCUT2D eigenvalue weighted by Gasteiger charge is -2.12. The van der Waals surface area contributed by atoms with E-state index in [4.69, 9.17) is 27.9 Å². The lowest BCUT2D eigenvalue weighted by molar-refractivity contribution is -0.137. The van der Waals surface area contributed by atoms with Crippen LogP contribution in [0.1, 0.15) is 22.8 Å². The van der Waals surface area contributed by atoms with Crippen LogP contribution in [0.3, 0.4) is 0 Å². The Morgan fingerprint density at radius 3 is 2.42 bits per heavy atom. The zero-order valence-corrected chi connectivity index (χ0v) is 13.9. The van der Waals surface area contributed by atoms with Crippen molar-refractivity contribution in [3.63, 3.8) is 0 Å². The van der Waals surface area contributed by atoms with Crippen LogP contribution in [0.2, 0.25) is 10.0 Å². The topological polar surface area (TPSA) is 38.3 Å². The number of hydrogen-bond donors (Lipinski definition) is 1. The van der Waals surface area contributed by atoms with Crippen LogP contribution in [-0.2, 0) is 6.18 Å². The van der Waals surface area contributed by atoms with Crippen molar-refractivity contribution >= 4 is 34.8 Å². The summed E-state index contributed by atoms with van der Waals surface area (Å²) in [5.41, 5.74) is -0.861. The van der Waals surface area contributed by atoms with Gasteiger partial charge in [0, 0.05) is 11.3 Å². The first-order valence-corrected chi connectivity index (χ1v) is 7.58. The maximum Gasteiger partial charge on any atom is 0.417 e. The molecule has 0 atom stereocenters. The Morgan fingerprint density at radius 1 is 1.12 bits per heavy atom. The first-order chi connectivity index (χ1) is 11.2. The summed E-state index contributed by atoms with van der Waals surface area (Å²) in [5.74, 6) is -0.183. The number of alkyl halides is 3. The van der Waals surface area contributed by atoms with Crippen molar-refractivity contribution < 1.29 is 22.7 Å². The standard InChI is InChI=1S/C16H12Cl2F3NO2/c1-2-24-14-6-3-9(7-13(14)18)15(23)22-10-4-5-12(17)11(8-10)16(19,20)21/h3-8H,2H2,1H3,(H,22,23). The minimum Gasteiger partial charge on any atom is -0.492 e. The van der Waals surface area contributed by atoms with Crippen molar-refractivity contribution in [2.24, 2.45) is 0 Å². The molecule has 0 radical (unpaired) electrons. The smallest absolute Gasteiger partial charge is 0.417 e. The summed E-state index contributed by atoms with van der Waals surface area (Å²) in [6.45, 7) is 2.20. The fraction of sp³-hybridized carbons (Fsp3) is 0.188. The Balaban J connectivity index is 2.22. The van der Waals surface area contributed by atoms with Gasteiger partial charge in [0.2, 0.25) is 0 Å². The molecule has 128 valence electrons. The van der Waals surface area contributed by atoms with Gasteiger partial charge in [0.1, 0.15) is 5.75 Å². The number of benzene rings is 2. The highest BCUT2D eigenvalue weighted by molar-refractivity contribution is 6.32. The molecular formula is C16H12Cl2F3NO2. The molecule has 0 bridgehead atoms. The summed E-state index contributed by atoms with van der Waals surface area (Å²) in [5, 5.41) is 2.17. The third-order valence-electron chi connectivity index (χ3n) is 3.02. The van der Waals surface area contributed by atoms with Gasteiger partial charge < -0.3 is 10.1 Å². The fourth-order valence-electron chi connectivity index (χ4n) is 1.94. The Bertz CT molecular complexity index is 763. The molecule has 8 heteroatoms. The summed E-state index contributed by atoms with van der Waals surface area (Å²) in [6.07, 6.45) is -4.61. The summed E-state index contributed by atoms with van der Waals surface area (Å²) in [4.78, 5) is 12.2. The van der Waals surface area contributed by atoms with Gasteiger partial charge in [-0.25, -0.2) is 0 Å². The van der Waals surface area contributed by atoms with E-state index in [0.717, 1.165) is 12.1 Å². The Hall–Kier alpha value is -1.92. The second kappa shape index (κ2) is 7.32. The highest BCUT2D eigenvalue weighted by atomic mass is 35.5. The van der Waals surface area contributed by atoms with Gasteiger partial charge in [-0.3, -0.25) is 4.79 Å². The molecule has 3 nitrogen and oxygen atoms in total. The van der Waals surface area contributed by atoms with Crippen molar-refractivity contribution in [1.29, 1.82) is 0 Å². The Morgan fingerprint density at radius 2 is 1.83 bits per heavy atom. The molecule has 0 aliphatic rings. The second-order valence-corrected chi connectivity index (χ2v) is 5.54. The molecule has 24 heavy (non-hydrogen) atoms. The normalized spacial score (nSPS) is 11.2. The molecule has 1 amide bonds. The van der Waals surface area contributed by atoms with Gasteiger partial charge >= 0.3 is 6.18 Å². The van der Waals surface area contributed by atoms with E-state index in [-0.39, 0.29) is 16.3 Å². The number of rotatable bonds is 4. The second-order valence-electron chi connectivity index (χ2n) is 4.72. The molecular weight excluding hydrogens is 366 g/mol. The molecule has 0 saturated heterocycles. The molecule has 0 aliphatic carbocycles. The van der Waals surface area contributed by atoms with Crippen molar-refractivity contribution in [3.8, 4) is 5.75 Å². The minimum atomic E-state index is -4.61. The van der Waals surface area contributed by atoms with Crippen molar-refractivity contribution in [1.82, 2.24) is 0 Å². The average Bonchev–Trinajstić information content (AvgIpc) is 2.50. The van der Waals surface area contributed by atoms with E-state index >= 15 is 0 Å². The van der Waals surface area contributed by atoms with E-state index in [1.54, 1.807) is 6.92 Å². The molecule has 2 rings (SSSR count). The number of anilines is 1. The zero-order valence-electron chi connectivity index (χ0n) is 12.4. The fourth-order valence-corrected chi connectivity index (χ4v) is 2.40. The lowest BCUT2D eigenvalue weighted by Crippen LogP contribution is -2.13. The SMILES string of the molecule is CCOc1ccc(C(=O)Nc2ccc(Cl)c(C(F)(F)F)c2)cc1Cl. The van der Waals surface area contributed by atoms with Crippen LogP contribution >= 0.6 is 23.2 Å². The molecule has 2 aromatic carbocycles. The van der Waals surface area contributed by atoms with Gasteiger partial charge in [-0.1, -0.05) is 23.2 Å². The van der Waals surface area contributed by atoms with Gasteiger partial charge in [0.15, 0.2) is 0 Å². The van der Waals surface area contributed by atoms with Crippen LogP contribution < -0.4 is 10.1 Å². The number of halogens is 5. The van der Waals surface area contributed by atoms with Crippen LogP contribution in [0.15, 0.2) is 36.4 Å². The predicted molar refractivity (Wildman–Crippen MR) is 87.0 cm³/mol. The molecule has 0 unspecified atom stereocenters. The maximum atomic E-state index is 12.8. The Labute approximate surface area is 146 Å². The number of nitrogens with one attached hydrogen (secondary N) is 1. The van der Waals surface area contributed by atoms with Crippen LogP contribution in [0.5, 0.6) is 5.75 Å². The van der Waals surface area contributed by atoms with E-state index in [9.17, 15) is 18.0 Å².